The molecule has 0 fully saturated rings. The lowest BCUT2D eigenvalue weighted by atomic mass is 10.1. The van der Waals surface area contributed by atoms with Crippen molar-refractivity contribution in [1.29, 1.82) is 0 Å². The summed E-state index contributed by atoms with van der Waals surface area (Å²) < 4.78 is 5.50. The van der Waals surface area contributed by atoms with Gasteiger partial charge in [0.1, 0.15) is 0 Å². The fourth-order valence-electron chi connectivity index (χ4n) is 1.22. The standard InChI is InChI=1S/C13H23N3O/c1-10(2)5-6-17-13-9-15-12(8-16-13)7-14-11(3)4/h8-11,14H,5-7H2,1-4H3. The van der Waals surface area contributed by atoms with Gasteiger partial charge in [0.25, 0.3) is 0 Å². The maximum Gasteiger partial charge on any atom is 0.232 e. The Kier molecular flexibility index (Phi) is 5.91. The van der Waals surface area contributed by atoms with Crippen LogP contribution in [0.1, 0.15) is 39.8 Å². The molecule has 0 aliphatic heterocycles. The summed E-state index contributed by atoms with van der Waals surface area (Å²) in [7, 11) is 0. The summed E-state index contributed by atoms with van der Waals surface area (Å²) >= 11 is 0. The Balaban J connectivity index is 2.34. The van der Waals surface area contributed by atoms with Gasteiger partial charge in [-0.05, 0) is 12.3 Å². The molecule has 17 heavy (non-hydrogen) atoms. The number of rotatable bonds is 7. The number of nitrogens with zero attached hydrogens (tertiary/aromatic N) is 2. The first-order valence-electron chi connectivity index (χ1n) is 6.25. The average Bonchev–Trinajstić information content (AvgIpc) is 2.27. The van der Waals surface area contributed by atoms with Crippen LogP contribution in [0.4, 0.5) is 0 Å². The van der Waals surface area contributed by atoms with Crippen molar-refractivity contribution >= 4 is 0 Å². The Hall–Kier alpha value is -1.16. The van der Waals surface area contributed by atoms with Crippen LogP contribution in [-0.2, 0) is 6.54 Å². The van der Waals surface area contributed by atoms with E-state index in [4.69, 9.17) is 4.74 Å². The van der Waals surface area contributed by atoms with E-state index in [1.54, 1.807) is 12.4 Å². The zero-order valence-electron chi connectivity index (χ0n) is 11.2. The molecule has 0 aliphatic rings. The molecule has 1 aromatic rings. The Bertz CT molecular complexity index is 309. The van der Waals surface area contributed by atoms with Crippen molar-refractivity contribution in [3.63, 3.8) is 0 Å². The molecular weight excluding hydrogens is 214 g/mol. The van der Waals surface area contributed by atoms with Crippen molar-refractivity contribution in [3.05, 3.63) is 18.1 Å². The zero-order valence-corrected chi connectivity index (χ0v) is 11.2. The quantitative estimate of drug-likeness (QED) is 0.791. The van der Waals surface area contributed by atoms with Crippen LogP contribution in [0.15, 0.2) is 12.4 Å². The van der Waals surface area contributed by atoms with Crippen molar-refractivity contribution in [2.45, 2.75) is 46.7 Å². The van der Waals surface area contributed by atoms with Gasteiger partial charge in [-0.3, -0.25) is 4.98 Å². The number of ether oxygens (including phenoxy) is 1. The van der Waals surface area contributed by atoms with Gasteiger partial charge in [0.15, 0.2) is 0 Å². The van der Waals surface area contributed by atoms with Crippen LogP contribution in [0.2, 0.25) is 0 Å². The summed E-state index contributed by atoms with van der Waals surface area (Å²) in [5.74, 6) is 1.26. The van der Waals surface area contributed by atoms with E-state index < -0.39 is 0 Å². The molecule has 0 bridgehead atoms. The molecule has 0 aliphatic carbocycles. The SMILES string of the molecule is CC(C)CCOc1cnc(CNC(C)C)cn1. The largest absolute Gasteiger partial charge is 0.477 e. The van der Waals surface area contributed by atoms with E-state index in [1.807, 2.05) is 0 Å². The van der Waals surface area contributed by atoms with Crippen molar-refractivity contribution in [1.82, 2.24) is 15.3 Å². The van der Waals surface area contributed by atoms with E-state index in [2.05, 4.69) is 43.0 Å². The Morgan fingerprint density at radius 2 is 1.94 bits per heavy atom. The molecule has 0 saturated carbocycles. The van der Waals surface area contributed by atoms with Gasteiger partial charge in [-0.25, -0.2) is 4.98 Å². The van der Waals surface area contributed by atoms with Crippen LogP contribution in [0.5, 0.6) is 5.88 Å². The molecule has 1 aromatic heterocycles. The first-order valence-corrected chi connectivity index (χ1v) is 6.25. The molecule has 4 heteroatoms. The van der Waals surface area contributed by atoms with E-state index in [0.29, 0.717) is 24.4 Å². The van der Waals surface area contributed by atoms with E-state index in [-0.39, 0.29) is 0 Å². The van der Waals surface area contributed by atoms with Gasteiger partial charge in [0.05, 0.1) is 24.7 Å². The van der Waals surface area contributed by atoms with E-state index in [9.17, 15) is 0 Å². The Morgan fingerprint density at radius 1 is 1.18 bits per heavy atom. The molecular formula is C13H23N3O. The second-order valence-corrected chi connectivity index (χ2v) is 4.91. The number of aromatic nitrogens is 2. The van der Waals surface area contributed by atoms with Crippen LogP contribution in [0.3, 0.4) is 0 Å². The summed E-state index contributed by atoms with van der Waals surface area (Å²) in [5, 5.41) is 3.30. The lowest BCUT2D eigenvalue weighted by Gasteiger charge is -2.09. The molecule has 0 spiro atoms. The molecule has 1 heterocycles. The monoisotopic (exact) mass is 237 g/mol. The average molecular weight is 237 g/mol. The lowest BCUT2D eigenvalue weighted by Crippen LogP contribution is -2.22. The third-order valence-electron chi connectivity index (χ3n) is 2.32. The van der Waals surface area contributed by atoms with Gasteiger partial charge >= 0.3 is 0 Å². The highest BCUT2D eigenvalue weighted by molar-refractivity contribution is 5.07. The van der Waals surface area contributed by atoms with E-state index in [1.165, 1.54) is 0 Å². The summed E-state index contributed by atoms with van der Waals surface area (Å²) in [6, 6.07) is 0.457. The first-order chi connectivity index (χ1) is 8.08. The maximum absolute atomic E-state index is 5.50. The van der Waals surface area contributed by atoms with Crippen LogP contribution >= 0.6 is 0 Å². The summed E-state index contributed by atoms with van der Waals surface area (Å²) in [4.78, 5) is 8.53. The van der Waals surface area contributed by atoms with Crippen LogP contribution in [0, 0.1) is 5.92 Å². The molecule has 0 saturated heterocycles. The van der Waals surface area contributed by atoms with Crippen LogP contribution in [-0.4, -0.2) is 22.6 Å². The fraction of sp³-hybridized carbons (Fsp3) is 0.692. The van der Waals surface area contributed by atoms with Crippen molar-refractivity contribution < 1.29 is 4.74 Å². The van der Waals surface area contributed by atoms with Crippen molar-refractivity contribution in [3.8, 4) is 5.88 Å². The smallest absolute Gasteiger partial charge is 0.232 e. The van der Waals surface area contributed by atoms with Crippen LogP contribution in [0.25, 0.3) is 0 Å². The van der Waals surface area contributed by atoms with Gasteiger partial charge in [-0.15, -0.1) is 0 Å². The van der Waals surface area contributed by atoms with E-state index in [0.717, 1.165) is 18.7 Å². The number of hydrogen-bond donors (Lipinski definition) is 1. The normalized spacial score (nSPS) is 11.2. The third kappa shape index (κ3) is 6.22. The molecule has 96 valence electrons. The van der Waals surface area contributed by atoms with Gasteiger partial charge in [0, 0.05) is 12.6 Å². The molecule has 0 radical (unpaired) electrons. The van der Waals surface area contributed by atoms with Crippen molar-refractivity contribution in [2.75, 3.05) is 6.61 Å². The predicted molar refractivity (Wildman–Crippen MR) is 69.0 cm³/mol. The number of nitrogens with one attached hydrogen (secondary N) is 1. The van der Waals surface area contributed by atoms with Gasteiger partial charge in [0.2, 0.25) is 5.88 Å². The lowest BCUT2D eigenvalue weighted by molar-refractivity contribution is 0.278. The topological polar surface area (TPSA) is 47.0 Å². The summed E-state index contributed by atoms with van der Waals surface area (Å²) in [6.45, 7) is 10.0. The highest BCUT2D eigenvalue weighted by Gasteiger charge is 2.00. The molecule has 0 atom stereocenters. The minimum absolute atomic E-state index is 0.457. The second kappa shape index (κ2) is 7.22. The third-order valence-corrected chi connectivity index (χ3v) is 2.32. The first kappa shape index (κ1) is 13.9. The van der Waals surface area contributed by atoms with E-state index >= 15 is 0 Å². The maximum atomic E-state index is 5.50. The molecule has 4 nitrogen and oxygen atoms in total. The highest BCUT2D eigenvalue weighted by Crippen LogP contribution is 2.06. The summed E-state index contributed by atoms with van der Waals surface area (Å²) in [5.41, 5.74) is 0.940. The minimum Gasteiger partial charge on any atom is -0.477 e. The van der Waals surface area contributed by atoms with Crippen molar-refractivity contribution in [2.24, 2.45) is 5.92 Å². The molecule has 0 unspecified atom stereocenters. The Morgan fingerprint density at radius 3 is 2.47 bits per heavy atom. The van der Waals surface area contributed by atoms with Gasteiger partial charge < -0.3 is 10.1 Å². The van der Waals surface area contributed by atoms with Crippen LogP contribution < -0.4 is 10.1 Å². The number of hydrogen-bond acceptors (Lipinski definition) is 4. The summed E-state index contributed by atoms with van der Waals surface area (Å²) in [6.07, 6.45) is 4.50. The Labute approximate surface area is 104 Å². The minimum atomic E-state index is 0.457. The molecule has 0 aromatic carbocycles. The van der Waals surface area contributed by atoms with Gasteiger partial charge in [-0.2, -0.15) is 0 Å². The second-order valence-electron chi connectivity index (χ2n) is 4.91. The predicted octanol–water partition coefficient (Wildman–Crippen LogP) is 2.40. The zero-order chi connectivity index (χ0) is 12.7. The molecule has 1 rings (SSSR count). The molecule has 1 N–H and O–H groups in total. The fourth-order valence-corrected chi connectivity index (χ4v) is 1.22. The highest BCUT2D eigenvalue weighted by atomic mass is 16.5. The molecule has 0 amide bonds. The van der Waals surface area contributed by atoms with Gasteiger partial charge in [-0.1, -0.05) is 27.7 Å².